The minimum atomic E-state index is -0.242. The van der Waals surface area contributed by atoms with Gasteiger partial charge in [-0.15, -0.1) is 0 Å². The lowest BCUT2D eigenvalue weighted by atomic mass is 10.1. The average molecular weight is 305 g/mol. The maximum Gasteiger partial charge on any atom is 0.238 e. The first-order valence-electron chi connectivity index (χ1n) is 7.32. The lowest BCUT2D eigenvalue weighted by molar-refractivity contribution is -0.117. The Bertz CT molecular complexity index is 570. The summed E-state index contributed by atoms with van der Waals surface area (Å²) in [4.78, 5) is 18.4. The quantitative estimate of drug-likeness (QED) is 0.825. The number of hydrogen-bond donors (Lipinski definition) is 2. The number of nitrogens with one attached hydrogen (secondary N) is 1. The summed E-state index contributed by atoms with van der Waals surface area (Å²) < 4.78 is 5.65. The van der Waals surface area contributed by atoms with Crippen LogP contribution in [0, 0.1) is 0 Å². The standard InChI is InChI=1S/C16H23N3O3/c1-16(2)11-22-15(18-16)12-6-4-5-7-13(12)17-14(21)10-19(3)8-9-20/h4-7,20H,8-11H2,1-3H3,(H,17,21). The van der Waals surface area contributed by atoms with Gasteiger partial charge in [-0.05, 0) is 33.0 Å². The van der Waals surface area contributed by atoms with Crippen molar-refractivity contribution in [3.8, 4) is 0 Å². The van der Waals surface area contributed by atoms with Gasteiger partial charge < -0.3 is 15.2 Å². The molecule has 0 bridgehead atoms. The molecule has 1 heterocycles. The predicted octanol–water partition coefficient (Wildman–Crippen LogP) is 1.10. The molecule has 2 N–H and O–H groups in total. The molecule has 1 aromatic carbocycles. The number of para-hydroxylation sites is 1. The molecule has 6 nitrogen and oxygen atoms in total. The summed E-state index contributed by atoms with van der Waals surface area (Å²) in [7, 11) is 1.79. The van der Waals surface area contributed by atoms with Crippen molar-refractivity contribution < 1.29 is 14.6 Å². The smallest absolute Gasteiger partial charge is 0.238 e. The summed E-state index contributed by atoms with van der Waals surface area (Å²) in [5.74, 6) is 0.422. The number of benzene rings is 1. The molecule has 0 unspecified atom stereocenters. The fourth-order valence-electron chi connectivity index (χ4n) is 2.19. The molecule has 120 valence electrons. The molecule has 0 atom stereocenters. The first kappa shape index (κ1) is 16.5. The highest BCUT2D eigenvalue weighted by atomic mass is 16.5. The number of carbonyl (C=O) groups is 1. The van der Waals surface area contributed by atoms with Crippen molar-refractivity contribution >= 4 is 17.5 Å². The molecule has 0 radical (unpaired) electrons. The fraction of sp³-hybridized carbons (Fsp3) is 0.500. The number of ether oxygens (including phenoxy) is 1. The molecule has 0 aromatic heterocycles. The van der Waals surface area contributed by atoms with Gasteiger partial charge in [0, 0.05) is 6.54 Å². The van der Waals surface area contributed by atoms with Crippen LogP contribution in [0.4, 0.5) is 5.69 Å². The molecule has 1 aliphatic rings. The highest BCUT2D eigenvalue weighted by molar-refractivity contribution is 6.04. The highest BCUT2D eigenvalue weighted by Gasteiger charge is 2.28. The Hall–Kier alpha value is -1.92. The van der Waals surface area contributed by atoms with Crippen LogP contribution in [0.2, 0.25) is 0 Å². The Morgan fingerprint density at radius 3 is 2.82 bits per heavy atom. The van der Waals surface area contributed by atoms with Gasteiger partial charge in [-0.3, -0.25) is 9.69 Å². The van der Waals surface area contributed by atoms with Gasteiger partial charge in [0.25, 0.3) is 0 Å². The third-order valence-corrected chi connectivity index (χ3v) is 3.29. The van der Waals surface area contributed by atoms with Crippen LogP contribution in [0.1, 0.15) is 19.4 Å². The topological polar surface area (TPSA) is 74.2 Å². The monoisotopic (exact) mass is 305 g/mol. The first-order chi connectivity index (χ1) is 10.4. The Labute approximate surface area is 130 Å². The van der Waals surface area contributed by atoms with Crippen LogP contribution in [0.25, 0.3) is 0 Å². The van der Waals surface area contributed by atoms with Gasteiger partial charge in [-0.2, -0.15) is 0 Å². The van der Waals surface area contributed by atoms with E-state index in [0.29, 0.717) is 24.7 Å². The average Bonchev–Trinajstić information content (AvgIpc) is 2.79. The van der Waals surface area contributed by atoms with Gasteiger partial charge >= 0.3 is 0 Å². The molecule has 0 saturated carbocycles. The largest absolute Gasteiger partial charge is 0.475 e. The summed E-state index contributed by atoms with van der Waals surface area (Å²) in [5, 5.41) is 11.8. The van der Waals surface area contributed by atoms with Gasteiger partial charge in [0.1, 0.15) is 6.61 Å². The number of aliphatic hydroxyl groups excluding tert-OH is 1. The zero-order valence-corrected chi connectivity index (χ0v) is 13.3. The maximum absolute atomic E-state index is 12.1. The van der Waals surface area contributed by atoms with Crippen molar-refractivity contribution in [2.75, 3.05) is 38.7 Å². The van der Waals surface area contributed by atoms with Crippen molar-refractivity contribution in [2.24, 2.45) is 4.99 Å². The zero-order valence-electron chi connectivity index (χ0n) is 13.3. The summed E-state index contributed by atoms with van der Waals surface area (Å²) in [5.41, 5.74) is 1.22. The van der Waals surface area contributed by atoms with Crippen LogP contribution in [0.5, 0.6) is 0 Å². The summed E-state index contributed by atoms with van der Waals surface area (Å²) in [6.07, 6.45) is 0. The molecule has 1 aliphatic heterocycles. The Balaban J connectivity index is 2.11. The molecule has 1 aromatic rings. The number of anilines is 1. The van der Waals surface area contributed by atoms with Gasteiger partial charge in [0.15, 0.2) is 0 Å². The van der Waals surface area contributed by atoms with Crippen LogP contribution < -0.4 is 5.32 Å². The lowest BCUT2D eigenvalue weighted by Crippen LogP contribution is -2.32. The second-order valence-electron chi connectivity index (χ2n) is 6.07. The maximum atomic E-state index is 12.1. The lowest BCUT2D eigenvalue weighted by Gasteiger charge is -2.16. The molecule has 6 heteroatoms. The molecule has 0 saturated heterocycles. The number of hydrogen-bond acceptors (Lipinski definition) is 5. The molecule has 2 rings (SSSR count). The highest BCUT2D eigenvalue weighted by Crippen LogP contribution is 2.24. The SMILES string of the molecule is CN(CCO)CC(=O)Nc1ccccc1C1=NC(C)(C)CO1. The van der Waals surface area contributed by atoms with Crippen LogP contribution in [0.15, 0.2) is 29.3 Å². The summed E-state index contributed by atoms with van der Waals surface area (Å²) >= 11 is 0. The molecular weight excluding hydrogens is 282 g/mol. The Morgan fingerprint density at radius 1 is 1.45 bits per heavy atom. The number of nitrogens with zero attached hydrogens (tertiary/aromatic N) is 2. The van der Waals surface area contributed by atoms with E-state index in [2.05, 4.69) is 10.3 Å². The van der Waals surface area contributed by atoms with E-state index in [9.17, 15) is 4.79 Å². The van der Waals surface area contributed by atoms with E-state index in [-0.39, 0.29) is 24.6 Å². The Morgan fingerprint density at radius 2 is 2.18 bits per heavy atom. The minimum Gasteiger partial charge on any atom is -0.475 e. The van der Waals surface area contributed by atoms with Crippen molar-refractivity contribution in [2.45, 2.75) is 19.4 Å². The number of rotatable bonds is 6. The molecule has 1 amide bonds. The van der Waals surface area contributed by atoms with Crippen molar-refractivity contribution in [1.82, 2.24) is 4.90 Å². The zero-order chi connectivity index (χ0) is 16.2. The van der Waals surface area contributed by atoms with E-state index < -0.39 is 0 Å². The van der Waals surface area contributed by atoms with E-state index in [1.807, 2.05) is 38.1 Å². The van der Waals surface area contributed by atoms with Crippen molar-refractivity contribution in [3.63, 3.8) is 0 Å². The summed E-state index contributed by atoms with van der Waals surface area (Å²) in [6.45, 7) is 5.24. The third kappa shape index (κ3) is 4.29. The van der Waals surface area contributed by atoms with Crippen molar-refractivity contribution in [3.05, 3.63) is 29.8 Å². The number of likely N-dealkylation sites (N-methyl/N-ethyl adjacent to an activating group) is 1. The van der Waals surface area contributed by atoms with E-state index in [1.165, 1.54) is 0 Å². The second kappa shape index (κ2) is 6.89. The van der Waals surface area contributed by atoms with Crippen LogP contribution in [-0.4, -0.2) is 60.7 Å². The molecule has 22 heavy (non-hydrogen) atoms. The van der Waals surface area contributed by atoms with Gasteiger partial charge in [-0.1, -0.05) is 12.1 Å². The van der Waals surface area contributed by atoms with Gasteiger partial charge in [0.2, 0.25) is 11.8 Å². The van der Waals surface area contributed by atoms with Crippen LogP contribution >= 0.6 is 0 Å². The Kier molecular flexibility index (Phi) is 5.15. The van der Waals surface area contributed by atoms with Gasteiger partial charge in [-0.25, -0.2) is 4.99 Å². The van der Waals surface area contributed by atoms with E-state index in [4.69, 9.17) is 9.84 Å². The molecule has 0 aliphatic carbocycles. The van der Waals surface area contributed by atoms with E-state index in [1.54, 1.807) is 11.9 Å². The van der Waals surface area contributed by atoms with Gasteiger partial charge in [0.05, 0.1) is 29.9 Å². The molecule has 0 spiro atoms. The van der Waals surface area contributed by atoms with Crippen LogP contribution in [0.3, 0.4) is 0 Å². The summed E-state index contributed by atoms with van der Waals surface area (Å²) in [6, 6.07) is 7.46. The number of carbonyl (C=O) groups excluding carboxylic acids is 1. The number of aliphatic hydroxyl groups is 1. The van der Waals surface area contributed by atoms with E-state index >= 15 is 0 Å². The van der Waals surface area contributed by atoms with Crippen molar-refractivity contribution in [1.29, 1.82) is 0 Å². The number of amides is 1. The molecule has 0 fully saturated rings. The number of aliphatic imine (C=N–C) groups is 1. The van der Waals surface area contributed by atoms with Crippen LogP contribution in [-0.2, 0) is 9.53 Å². The normalized spacial score (nSPS) is 16.3. The predicted molar refractivity (Wildman–Crippen MR) is 86.2 cm³/mol. The fourth-order valence-corrected chi connectivity index (χ4v) is 2.19. The molecular formula is C16H23N3O3. The minimum absolute atomic E-state index is 0.0279. The van der Waals surface area contributed by atoms with E-state index in [0.717, 1.165) is 5.56 Å². The third-order valence-electron chi connectivity index (χ3n) is 3.29. The second-order valence-corrected chi connectivity index (χ2v) is 6.07. The first-order valence-corrected chi connectivity index (χ1v) is 7.32.